The Morgan fingerprint density at radius 2 is 2.14 bits per heavy atom. The lowest BCUT2D eigenvalue weighted by Gasteiger charge is -2.16. The highest BCUT2D eigenvalue weighted by molar-refractivity contribution is 5.13. The third-order valence-corrected chi connectivity index (χ3v) is 2.94. The summed E-state index contributed by atoms with van der Waals surface area (Å²) in [5.41, 5.74) is 9.51. The molecule has 0 fully saturated rings. The molecular formula is C14H16FN5O. The zero-order chi connectivity index (χ0) is 14.9. The van der Waals surface area contributed by atoms with E-state index in [1.807, 2.05) is 30.3 Å². The van der Waals surface area contributed by atoms with Crippen LogP contribution in [0.15, 0.2) is 53.9 Å². The Labute approximate surface area is 121 Å². The first kappa shape index (κ1) is 15.0. The van der Waals surface area contributed by atoms with Crippen LogP contribution in [0.1, 0.15) is 5.56 Å². The molecule has 1 aromatic carbocycles. The van der Waals surface area contributed by atoms with Gasteiger partial charge in [0, 0.05) is 17.3 Å². The predicted molar refractivity (Wildman–Crippen MR) is 76.2 cm³/mol. The molecule has 110 valence electrons. The van der Waals surface area contributed by atoms with E-state index in [9.17, 15) is 4.39 Å². The lowest BCUT2D eigenvalue weighted by atomic mass is 10.2. The predicted octanol–water partition coefficient (Wildman–Crippen LogP) is 3.12. The maximum absolute atomic E-state index is 14.1. The normalized spacial score (nSPS) is 13.4. The minimum Gasteiger partial charge on any atom is -0.374 e. The van der Waals surface area contributed by atoms with Crippen molar-refractivity contribution in [2.24, 2.45) is 5.11 Å². The van der Waals surface area contributed by atoms with Crippen molar-refractivity contribution in [2.45, 2.75) is 25.4 Å². The van der Waals surface area contributed by atoms with Gasteiger partial charge in [0.15, 0.2) is 0 Å². The molecule has 6 nitrogen and oxygen atoms in total. The van der Waals surface area contributed by atoms with Gasteiger partial charge in [-0.05, 0) is 17.2 Å². The summed E-state index contributed by atoms with van der Waals surface area (Å²) in [6, 6.07) is 10.4. The van der Waals surface area contributed by atoms with E-state index in [1.54, 1.807) is 18.5 Å². The van der Waals surface area contributed by atoms with Crippen molar-refractivity contribution < 1.29 is 9.13 Å². The summed E-state index contributed by atoms with van der Waals surface area (Å²) >= 11 is 0. The Balaban J connectivity index is 1.83. The molecule has 2 aromatic rings. The number of rotatable bonds is 8. The van der Waals surface area contributed by atoms with E-state index < -0.39 is 12.2 Å². The van der Waals surface area contributed by atoms with Crippen molar-refractivity contribution in [1.29, 1.82) is 0 Å². The molecule has 0 aliphatic rings. The minimum absolute atomic E-state index is 0.125. The molecular weight excluding hydrogens is 273 g/mol. The molecule has 0 N–H and O–H groups in total. The first-order valence-electron chi connectivity index (χ1n) is 6.57. The molecule has 0 aliphatic heterocycles. The fraction of sp³-hybridized carbons (Fsp3) is 0.357. The van der Waals surface area contributed by atoms with E-state index in [2.05, 4.69) is 15.1 Å². The lowest BCUT2D eigenvalue weighted by molar-refractivity contribution is 0.0567. The van der Waals surface area contributed by atoms with Crippen LogP contribution >= 0.6 is 0 Å². The Kier molecular flexibility index (Phi) is 5.75. The topological polar surface area (TPSA) is 75.8 Å². The molecule has 0 spiro atoms. The van der Waals surface area contributed by atoms with Gasteiger partial charge < -0.3 is 4.74 Å². The van der Waals surface area contributed by atoms with Gasteiger partial charge in [-0.1, -0.05) is 35.4 Å². The molecule has 0 aliphatic carbocycles. The highest BCUT2D eigenvalue weighted by Gasteiger charge is 2.21. The van der Waals surface area contributed by atoms with Gasteiger partial charge >= 0.3 is 0 Å². The summed E-state index contributed by atoms with van der Waals surface area (Å²) in [5, 5.41) is 7.46. The second-order valence-electron chi connectivity index (χ2n) is 4.52. The van der Waals surface area contributed by atoms with E-state index >= 15 is 0 Å². The van der Waals surface area contributed by atoms with Gasteiger partial charge in [-0.3, -0.25) is 4.68 Å². The summed E-state index contributed by atoms with van der Waals surface area (Å²) in [4.78, 5) is 2.69. The van der Waals surface area contributed by atoms with Crippen LogP contribution < -0.4 is 0 Å². The maximum atomic E-state index is 14.1. The maximum Gasteiger partial charge on any atom is 0.134 e. The number of azide groups is 1. The van der Waals surface area contributed by atoms with Crippen molar-refractivity contribution >= 4 is 0 Å². The van der Waals surface area contributed by atoms with Gasteiger partial charge in [0.1, 0.15) is 6.17 Å². The summed E-state index contributed by atoms with van der Waals surface area (Å²) in [6.45, 7) is 0.388. The van der Waals surface area contributed by atoms with E-state index in [0.717, 1.165) is 5.56 Å². The average Bonchev–Trinajstić information content (AvgIpc) is 3.01. The number of ether oxygens (including phenoxy) is 1. The molecule has 0 amide bonds. The number of aromatic nitrogens is 2. The molecule has 0 saturated heterocycles. The van der Waals surface area contributed by atoms with Crippen molar-refractivity contribution in [3.63, 3.8) is 0 Å². The van der Waals surface area contributed by atoms with Crippen LogP contribution in [-0.4, -0.2) is 28.6 Å². The fourth-order valence-corrected chi connectivity index (χ4v) is 1.86. The van der Waals surface area contributed by atoms with Crippen LogP contribution in [0.3, 0.4) is 0 Å². The summed E-state index contributed by atoms with van der Waals surface area (Å²) < 4.78 is 21.0. The molecule has 1 aromatic heterocycles. The molecule has 1 heterocycles. The number of benzene rings is 1. The van der Waals surface area contributed by atoms with Crippen LogP contribution in [0.25, 0.3) is 10.4 Å². The molecule has 2 rings (SSSR count). The Morgan fingerprint density at radius 3 is 2.81 bits per heavy atom. The van der Waals surface area contributed by atoms with Crippen LogP contribution in [-0.2, 0) is 17.9 Å². The monoisotopic (exact) mass is 289 g/mol. The van der Waals surface area contributed by atoms with Crippen molar-refractivity contribution in [1.82, 2.24) is 9.78 Å². The average molecular weight is 289 g/mol. The standard InChI is InChI=1S/C14H16FN5O/c15-13(11-21-10-12-5-2-1-3-6-12)14(18-19-16)9-20-8-4-7-17-20/h1-8,13-14H,9-11H2/t13-,14-/m1/s1. The van der Waals surface area contributed by atoms with Crippen LogP contribution in [0.4, 0.5) is 4.39 Å². The Morgan fingerprint density at radius 1 is 1.33 bits per heavy atom. The molecule has 0 unspecified atom stereocenters. The van der Waals surface area contributed by atoms with E-state index in [0.29, 0.717) is 6.61 Å². The first-order chi connectivity index (χ1) is 10.3. The number of alkyl halides is 1. The minimum atomic E-state index is -1.38. The van der Waals surface area contributed by atoms with E-state index in [1.165, 1.54) is 4.68 Å². The summed E-state index contributed by atoms with van der Waals surface area (Å²) in [7, 11) is 0. The fourth-order valence-electron chi connectivity index (χ4n) is 1.86. The molecule has 21 heavy (non-hydrogen) atoms. The van der Waals surface area contributed by atoms with Crippen molar-refractivity contribution in [3.8, 4) is 0 Å². The molecule has 0 saturated carbocycles. The lowest BCUT2D eigenvalue weighted by Crippen LogP contribution is -2.29. The first-order valence-corrected chi connectivity index (χ1v) is 6.57. The second-order valence-corrected chi connectivity index (χ2v) is 4.52. The van der Waals surface area contributed by atoms with Gasteiger partial charge in [-0.15, -0.1) is 0 Å². The van der Waals surface area contributed by atoms with Crippen molar-refractivity contribution in [3.05, 3.63) is 64.8 Å². The Bertz CT molecular complexity index is 568. The molecule has 2 atom stereocenters. The Hall–Kier alpha value is -2.37. The third-order valence-electron chi connectivity index (χ3n) is 2.94. The highest BCUT2D eigenvalue weighted by atomic mass is 19.1. The third kappa shape index (κ3) is 4.91. The summed E-state index contributed by atoms with van der Waals surface area (Å²) in [5.74, 6) is 0. The zero-order valence-corrected chi connectivity index (χ0v) is 11.4. The quantitative estimate of drug-likeness (QED) is 0.425. The van der Waals surface area contributed by atoms with Gasteiger partial charge in [-0.2, -0.15) is 5.10 Å². The number of hydrogen-bond acceptors (Lipinski definition) is 3. The largest absolute Gasteiger partial charge is 0.374 e. The number of hydrogen-bond donors (Lipinski definition) is 0. The second kappa shape index (κ2) is 8.04. The highest BCUT2D eigenvalue weighted by Crippen LogP contribution is 2.10. The van der Waals surface area contributed by atoms with Crippen LogP contribution in [0, 0.1) is 0 Å². The van der Waals surface area contributed by atoms with Crippen LogP contribution in [0.5, 0.6) is 0 Å². The number of halogens is 1. The number of nitrogens with zero attached hydrogens (tertiary/aromatic N) is 5. The van der Waals surface area contributed by atoms with Gasteiger partial charge in [0.05, 0.1) is 25.8 Å². The molecule has 0 bridgehead atoms. The zero-order valence-electron chi connectivity index (χ0n) is 11.4. The van der Waals surface area contributed by atoms with Gasteiger partial charge in [-0.25, -0.2) is 4.39 Å². The summed E-state index contributed by atoms with van der Waals surface area (Å²) in [6.07, 6.45) is 1.90. The van der Waals surface area contributed by atoms with E-state index in [4.69, 9.17) is 10.3 Å². The smallest absolute Gasteiger partial charge is 0.134 e. The van der Waals surface area contributed by atoms with Crippen LogP contribution in [0.2, 0.25) is 0 Å². The van der Waals surface area contributed by atoms with Gasteiger partial charge in [0.2, 0.25) is 0 Å². The molecule has 7 heteroatoms. The van der Waals surface area contributed by atoms with Gasteiger partial charge in [0.25, 0.3) is 0 Å². The van der Waals surface area contributed by atoms with E-state index in [-0.39, 0.29) is 13.2 Å². The SMILES string of the molecule is [N-]=[N+]=N[C@H](Cn1cccn1)[C@H](F)COCc1ccccc1. The molecule has 0 radical (unpaired) electrons. The van der Waals surface area contributed by atoms with Crippen molar-refractivity contribution in [2.75, 3.05) is 6.61 Å².